The Bertz CT molecular complexity index is 1220. The Kier molecular flexibility index (Phi) is 5.08. The van der Waals surface area contributed by atoms with Crippen molar-refractivity contribution >= 4 is 22.8 Å². The zero-order valence-electron chi connectivity index (χ0n) is 17.4. The van der Waals surface area contributed by atoms with Gasteiger partial charge < -0.3 is 10.2 Å². The molecular weight excluding hydrogens is 388 g/mol. The molecule has 1 fully saturated rings. The van der Waals surface area contributed by atoms with Crippen molar-refractivity contribution in [1.82, 2.24) is 25.1 Å². The number of carbonyl (C=O) groups excluding carboxylic acids is 1. The molecule has 0 bridgehead atoms. The molecule has 7 nitrogen and oxygen atoms in total. The molecule has 7 heteroatoms. The van der Waals surface area contributed by atoms with E-state index in [1.165, 1.54) is 0 Å². The van der Waals surface area contributed by atoms with E-state index < -0.39 is 0 Å². The third kappa shape index (κ3) is 3.99. The summed E-state index contributed by atoms with van der Waals surface area (Å²) in [6, 6.07) is 19.5. The summed E-state index contributed by atoms with van der Waals surface area (Å²) in [4.78, 5) is 24.0. The SMILES string of the molecule is Cc1cccc(CNc2n[nH]c3nc([C@@H]4CCN(C(=O)c5ccccc5)C4)ccc23)n1. The summed E-state index contributed by atoms with van der Waals surface area (Å²) < 4.78 is 0. The van der Waals surface area contributed by atoms with Gasteiger partial charge in [-0.25, -0.2) is 4.98 Å². The molecule has 1 aromatic carbocycles. The highest BCUT2D eigenvalue weighted by molar-refractivity contribution is 5.94. The number of aromatic amines is 1. The van der Waals surface area contributed by atoms with Crippen molar-refractivity contribution in [3.8, 4) is 0 Å². The van der Waals surface area contributed by atoms with Crippen molar-refractivity contribution in [3.63, 3.8) is 0 Å². The highest BCUT2D eigenvalue weighted by Crippen LogP contribution is 2.29. The van der Waals surface area contributed by atoms with Crippen molar-refractivity contribution in [2.24, 2.45) is 0 Å². The second-order valence-corrected chi connectivity index (χ2v) is 7.93. The number of hydrogen-bond acceptors (Lipinski definition) is 5. The van der Waals surface area contributed by atoms with Crippen molar-refractivity contribution < 1.29 is 4.79 Å². The van der Waals surface area contributed by atoms with E-state index in [4.69, 9.17) is 4.98 Å². The molecular formula is C24H24N6O. The second-order valence-electron chi connectivity index (χ2n) is 7.93. The Morgan fingerprint density at radius 3 is 2.81 bits per heavy atom. The molecule has 4 aromatic rings. The molecule has 3 aromatic heterocycles. The molecule has 5 rings (SSSR count). The lowest BCUT2D eigenvalue weighted by Gasteiger charge is -2.16. The minimum Gasteiger partial charge on any atom is -0.362 e. The molecule has 4 heterocycles. The summed E-state index contributed by atoms with van der Waals surface area (Å²) in [7, 11) is 0. The Morgan fingerprint density at radius 2 is 1.97 bits per heavy atom. The van der Waals surface area contributed by atoms with Crippen molar-refractivity contribution in [2.45, 2.75) is 25.8 Å². The molecule has 1 aliphatic rings. The maximum absolute atomic E-state index is 12.7. The number of likely N-dealkylation sites (tertiary alicyclic amines) is 1. The Morgan fingerprint density at radius 1 is 1.10 bits per heavy atom. The lowest BCUT2D eigenvalue weighted by Crippen LogP contribution is -2.28. The highest BCUT2D eigenvalue weighted by atomic mass is 16.2. The standard InChI is InChI=1S/C24H24N6O/c1-16-6-5-9-19(26-16)14-25-22-20-10-11-21(27-23(20)29-28-22)18-12-13-30(15-18)24(31)17-7-3-2-4-8-17/h2-11,18H,12-15H2,1H3,(H2,25,27,28,29)/t18-/m1/s1. The van der Waals surface area contributed by atoms with Crippen LogP contribution in [0.3, 0.4) is 0 Å². The molecule has 1 amide bonds. The van der Waals surface area contributed by atoms with Gasteiger partial charge in [0.25, 0.3) is 5.91 Å². The van der Waals surface area contributed by atoms with Crippen LogP contribution < -0.4 is 5.32 Å². The van der Waals surface area contributed by atoms with Crippen molar-refractivity contribution in [2.75, 3.05) is 18.4 Å². The molecule has 0 saturated carbocycles. The Balaban J connectivity index is 1.28. The monoisotopic (exact) mass is 412 g/mol. The summed E-state index contributed by atoms with van der Waals surface area (Å²) in [6.07, 6.45) is 0.912. The van der Waals surface area contributed by atoms with Crippen LogP contribution in [0.4, 0.5) is 5.82 Å². The first-order valence-corrected chi connectivity index (χ1v) is 10.5. The summed E-state index contributed by atoms with van der Waals surface area (Å²) >= 11 is 0. The Labute approximate surface area is 180 Å². The van der Waals surface area contributed by atoms with Gasteiger partial charge in [0.1, 0.15) is 0 Å². The molecule has 0 aliphatic carbocycles. The van der Waals surface area contributed by atoms with Gasteiger partial charge in [0.2, 0.25) is 0 Å². The number of benzene rings is 1. The van der Waals surface area contributed by atoms with Crippen LogP contribution in [-0.2, 0) is 6.54 Å². The maximum atomic E-state index is 12.7. The van der Waals surface area contributed by atoms with E-state index in [0.717, 1.165) is 52.5 Å². The van der Waals surface area contributed by atoms with Crippen LogP contribution in [0.25, 0.3) is 11.0 Å². The van der Waals surface area contributed by atoms with Gasteiger partial charge in [-0.15, -0.1) is 0 Å². The fourth-order valence-corrected chi connectivity index (χ4v) is 4.10. The smallest absolute Gasteiger partial charge is 0.253 e. The number of fused-ring (bicyclic) bond motifs is 1. The van der Waals surface area contributed by atoms with Gasteiger partial charge in [0, 0.05) is 36.0 Å². The number of hydrogen-bond donors (Lipinski definition) is 2. The van der Waals surface area contributed by atoms with Gasteiger partial charge in [-0.1, -0.05) is 24.3 Å². The molecule has 156 valence electrons. The number of rotatable bonds is 5. The fourth-order valence-electron chi connectivity index (χ4n) is 4.10. The maximum Gasteiger partial charge on any atom is 0.253 e. The number of aryl methyl sites for hydroxylation is 1. The predicted molar refractivity (Wildman–Crippen MR) is 120 cm³/mol. The van der Waals surface area contributed by atoms with Crippen LogP contribution in [0, 0.1) is 6.92 Å². The number of H-pyrrole nitrogens is 1. The van der Waals surface area contributed by atoms with E-state index in [9.17, 15) is 4.79 Å². The van der Waals surface area contributed by atoms with Gasteiger partial charge in [0.15, 0.2) is 11.5 Å². The van der Waals surface area contributed by atoms with Gasteiger partial charge in [-0.2, -0.15) is 5.10 Å². The first-order valence-electron chi connectivity index (χ1n) is 10.5. The van der Waals surface area contributed by atoms with E-state index in [2.05, 4.69) is 32.6 Å². The van der Waals surface area contributed by atoms with E-state index in [1.807, 2.05) is 60.4 Å². The van der Waals surface area contributed by atoms with E-state index in [0.29, 0.717) is 13.1 Å². The summed E-state index contributed by atoms with van der Waals surface area (Å²) in [6.45, 7) is 4.01. The Hall–Kier alpha value is -3.74. The van der Waals surface area contributed by atoms with Crippen LogP contribution >= 0.6 is 0 Å². The topological polar surface area (TPSA) is 86.8 Å². The molecule has 1 aliphatic heterocycles. The summed E-state index contributed by atoms with van der Waals surface area (Å²) in [5.74, 6) is 1.08. The van der Waals surface area contributed by atoms with Gasteiger partial charge >= 0.3 is 0 Å². The lowest BCUT2D eigenvalue weighted by atomic mass is 10.0. The third-order valence-corrected chi connectivity index (χ3v) is 5.74. The molecule has 2 N–H and O–H groups in total. The average Bonchev–Trinajstić information content (AvgIpc) is 3.45. The molecule has 0 unspecified atom stereocenters. The number of nitrogens with one attached hydrogen (secondary N) is 2. The predicted octanol–water partition coefficient (Wildman–Crippen LogP) is 3.90. The van der Waals surface area contributed by atoms with Crippen molar-refractivity contribution in [3.05, 3.63) is 83.3 Å². The highest BCUT2D eigenvalue weighted by Gasteiger charge is 2.29. The van der Waals surface area contributed by atoms with Gasteiger partial charge in [-0.3, -0.25) is 14.9 Å². The summed E-state index contributed by atoms with van der Waals surface area (Å²) in [5.41, 5.74) is 4.44. The van der Waals surface area contributed by atoms with Crippen LogP contribution in [-0.4, -0.2) is 44.1 Å². The molecule has 1 atom stereocenters. The minimum absolute atomic E-state index is 0.0852. The van der Waals surface area contributed by atoms with E-state index in [-0.39, 0.29) is 11.8 Å². The number of pyridine rings is 2. The number of nitrogens with zero attached hydrogens (tertiary/aromatic N) is 4. The zero-order valence-corrected chi connectivity index (χ0v) is 17.4. The number of aromatic nitrogens is 4. The second kappa shape index (κ2) is 8.18. The van der Waals surface area contributed by atoms with Crippen molar-refractivity contribution in [1.29, 1.82) is 0 Å². The van der Waals surface area contributed by atoms with Gasteiger partial charge in [-0.05, 0) is 49.7 Å². The van der Waals surface area contributed by atoms with Crippen LogP contribution in [0.5, 0.6) is 0 Å². The molecule has 31 heavy (non-hydrogen) atoms. The fraction of sp³-hybridized carbons (Fsp3) is 0.250. The van der Waals surface area contributed by atoms with E-state index >= 15 is 0 Å². The van der Waals surface area contributed by atoms with Crippen LogP contribution in [0.1, 0.15) is 39.8 Å². The van der Waals surface area contributed by atoms with Gasteiger partial charge in [0.05, 0.1) is 17.6 Å². The number of carbonyl (C=O) groups is 1. The first-order chi connectivity index (χ1) is 15.2. The van der Waals surface area contributed by atoms with Crippen LogP contribution in [0.15, 0.2) is 60.7 Å². The number of amides is 1. The van der Waals surface area contributed by atoms with Crippen LogP contribution in [0.2, 0.25) is 0 Å². The molecule has 0 spiro atoms. The largest absolute Gasteiger partial charge is 0.362 e. The minimum atomic E-state index is 0.0852. The van der Waals surface area contributed by atoms with E-state index in [1.54, 1.807) is 0 Å². The lowest BCUT2D eigenvalue weighted by molar-refractivity contribution is 0.0790. The molecule has 0 radical (unpaired) electrons. The zero-order chi connectivity index (χ0) is 21.2. The normalized spacial score (nSPS) is 16.0. The average molecular weight is 412 g/mol. The number of anilines is 1. The summed E-state index contributed by atoms with van der Waals surface area (Å²) in [5, 5.41) is 11.7. The quantitative estimate of drug-likeness (QED) is 0.519. The third-order valence-electron chi connectivity index (χ3n) is 5.74. The molecule has 1 saturated heterocycles. The first kappa shape index (κ1) is 19.2.